The second-order valence-corrected chi connectivity index (χ2v) is 7.93. The number of pyridine rings is 1. The second-order valence-electron chi connectivity index (χ2n) is 7.50. The van der Waals surface area contributed by atoms with E-state index in [2.05, 4.69) is 11.1 Å². The van der Waals surface area contributed by atoms with Crippen molar-refractivity contribution in [2.24, 2.45) is 16.6 Å². The van der Waals surface area contributed by atoms with E-state index in [-0.39, 0.29) is 24.1 Å². The summed E-state index contributed by atoms with van der Waals surface area (Å²) in [4.78, 5) is 8.94. The van der Waals surface area contributed by atoms with Crippen molar-refractivity contribution in [3.63, 3.8) is 0 Å². The Kier molecular flexibility index (Phi) is 3.81. The van der Waals surface area contributed by atoms with E-state index in [0.29, 0.717) is 18.1 Å². The first kappa shape index (κ1) is 16.8. The van der Waals surface area contributed by atoms with Gasteiger partial charge in [-0.25, -0.2) is 4.99 Å². The highest BCUT2D eigenvalue weighted by Crippen LogP contribution is 2.53. The second kappa shape index (κ2) is 6.11. The average Bonchev–Trinajstić information content (AvgIpc) is 3.04. The van der Waals surface area contributed by atoms with Gasteiger partial charge < -0.3 is 20.3 Å². The maximum atomic E-state index is 10.1. The Labute approximate surface area is 162 Å². The van der Waals surface area contributed by atoms with Crippen molar-refractivity contribution in [1.29, 1.82) is 0 Å². The SMILES string of the molecule is NC1=NC2(CO1)c1cc(-c3cncc(Cl)c3)ccc1O[C@@H]1CC(O)CCC12. The Morgan fingerprint density at radius 1 is 1.19 bits per heavy atom. The van der Waals surface area contributed by atoms with E-state index < -0.39 is 5.54 Å². The third-order valence-electron chi connectivity index (χ3n) is 5.89. The lowest BCUT2D eigenvalue weighted by Crippen LogP contribution is -2.51. The van der Waals surface area contributed by atoms with Gasteiger partial charge in [0, 0.05) is 35.9 Å². The first-order valence-corrected chi connectivity index (χ1v) is 9.51. The molecule has 0 amide bonds. The molecule has 1 aromatic carbocycles. The number of rotatable bonds is 1. The van der Waals surface area contributed by atoms with Crippen LogP contribution >= 0.6 is 11.6 Å². The van der Waals surface area contributed by atoms with Crippen molar-refractivity contribution < 1.29 is 14.6 Å². The maximum Gasteiger partial charge on any atom is 0.283 e. The Bertz CT molecular complexity index is 934. The van der Waals surface area contributed by atoms with Crippen molar-refractivity contribution in [2.45, 2.75) is 37.0 Å². The quantitative estimate of drug-likeness (QED) is 0.787. The number of aliphatic hydroxyl groups is 1. The molecule has 0 saturated heterocycles. The predicted octanol–water partition coefficient (Wildman–Crippen LogP) is 2.86. The molecule has 3 unspecified atom stereocenters. The molecular formula is C20H20ClN3O3. The van der Waals surface area contributed by atoms with Gasteiger partial charge in [-0.1, -0.05) is 17.7 Å². The largest absolute Gasteiger partial charge is 0.490 e. The number of hydrogen-bond acceptors (Lipinski definition) is 6. The molecule has 3 heterocycles. The van der Waals surface area contributed by atoms with Gasteiger partial charge in [-0.2, -0.15) is 0 Å². The summed E-state index contributed by atoms with van der Waals surface area (Å²) < 4.78 is 11.9. The van der Waals surface area contributed by atoms with E-state index in [1.54, 1.807) is 12.4 Å². The first-order chi connectivity index (χ1) is 13.0. The first-order valence-electron chi connectivity index (χ1n) is 9.13. The lowest BCUT2D eigenvalue weighted by atomic mass is 9.67. The zero-order valence-electron chi connectivity index (χ0n) is 14.6. The van der Waals surface area contributed by atoms with Gasteiger partial charge in [0.15, 0.2) is 0 Å². The normalized spacial score (nSPS) is 31.5. The lowest BCUT2D eigenvalue weighted by molar-refractivity contribution is -0.0360. The molecule has 0 radical (unpaired) electrons. The Morgan fingerprint density at radius 3 is 2.85 bits per heavy atom. The van der Waals surface area contributed by atoms with Gasteiger partial charge in [0.2, 0.25) is 0 Å². The zero-order chi connectivity index (χ0) is 18.6. The van der Waals surface area contributed by atoms with Crippen molar-refractivity contribution in [1.82, 2.24) is 4.98 Å². The molecule has 1 spiro atoms. The molecule has 7 heteroatoms. The molecule has 140 valence electrons. The smallest absolute Gasteiger partial charge is 0.283 e. The molecule has 0 bridgehead atoms. The minimum absolute atomic E-state index is 0.0989. The molecular weight excluding hydrogens is 366 g/mol. The van der Waals surface area contributed by atoms with Crippen molar-refractivity contribution in [3.05, 3.63) is 47.2 Å². The topological polar surface area (TPSA) is 90.0 Å². The van der Waals surface area contributed by atoms with Crippen LogP contribution in [0.5, 0.6) is 5.75 Å². The van der Waals surface area contributed by atoms with E-state index in [0.717, 1.165) is 35.3 Å². The number of fused-ring (bicyclic) bond motifs is 4. The molecule has 27 heavy (non-hydrogen) atoms. The Morgan fingerprint density at radius 2 is 2.07 bits per heavy atom. The molecule has 3 N–H and O–H groups in total. The number of hydrogen-bond donors (Lipinski definition) is 2. The van der Waals surface area contributed by atoms with Crippen molar-refractivity contribution >= 4 is 17.6 Å². The van der Waals surface area contributed by atoms with Crippen LogP contribution in [0.15, 0.2) is 41.7 Å². The van der Waals surface area contributed by atoms with Crippen LogP contribution in [0, 0.1) is 5.92 Å². The highest BCUT2D eigenvalue weighted by Gasteiger charge is 2.55. The standard InChI is InChI=1S/C20H20ClN3O3/c21-13-5-12(8-23-9-13)11-1-4-17-16(6-11)20(10-26-19(22)24-20)15-3-2-14(25)7-18(15)27-17/h1,4-6,8-9,14-15,18,25H,2-3,7,10H2,(H2,22,24)/t14?,15?,18-,20?/m1/s1. The number of halogens is 1. The van der Waals surface area contributed by atoms with Gasteiger partial charge in [-0.05, 0) is 36.6 Å². The summed E-state index contributed by atoms with van der Waals surface area (Å²) in [6, 6.07) is 8.11. The third-order valence-corrected chi connectivity index (χ3v) is 6.10. The van der Waals surface area contributed by atoms with Gasteiger partial charge >= 0.3 is 0 Å². The highest BCUT2D eigenvalue weighted by molar-refractivity contribution is 6.30. The van der Waals surface area contributed by atoms with E-state index >= 15 is 0 Å². The summed E-state index contributed by atoms with van der Waals surface area (Å²) in [5.74, 6) is 0.883. The third kappa shape index (κ3) is 2.66. The fourth-order valence-electron chi connectivity index (χ4n) is 4.64. The van der Waals surface area contributed by atoms with Crippen LogP contribution in [-0.4, -0.2) is 34.9 Å². The number of benzene rings is 1. The van der Waals surface area contributed by atoms with Gasteiger partial charge in [-0.3, -0.25) is 4.98 Å². The minimum atomic E-state index is -0.579. The number of nitrogens with two attached hydrogens (primary N) is 1. The molecule has 5 rings (SSSR count). The number of aliphatic hydroxyl groups excluding tert-OH is 1. The van der Waals surface area contributed by atoms with Crippen LogP contribution in [-0.2, 0) is 10.3 Å². The number of aromatic nitrogens is 1. The lowest BCUT2D eigenvalue weighted by Gasteiger charge is -2.47. The summed E-state index contributed by atoms with van der Waals surface area (Å²) in [5, 5.41) is 10.7. The molecule has 4 atom stereocenters. The number of nitrogens with zero attached hydrogens (tertiary/aromatic N) is 2. The summed E-state index contributed by atoms with van der Waals surface area (Å²) in [6.07, 6.45) is 5.10. The van der Waals surface area contributed by atoms with Gasteiger partial charge in [0.25, 0.3) is 6.02 Å². The van der Waals surface area contributed by atoms with E-state index in [4.69, 9.17) is 31.8 Å². The summed E-state index contributed by atoms with van der Waals surface area (Å²) in [6.45, 7) is 0.393. The molecule has 3 aliphatic rings. The molecule has 2 aliphatic heterocycles. The molecule has 1 saturated carbocycles. The average molecular weight is 386 g/mol. The highest BCUT2D eigenvalue weighted by atomic mass is 35.5. The fraction of sp³-hybridized carbons (Fsp3) is 0.400. The Balaban J connectivity index is 1.65. The van der Waals surface area contributed by atoms with Crippen LogP contribution in [0.4, 0.5) is 0 Å². The monoisotopic (exact) mass is 385 g/mol. The molecule has 6 nitrogen and oxygen atoms in total. The zero-order valence-corrected chi connectivity index (χ0v) is 15.4. The van der Waals surface area contributed by atoms with Gasteiger partial charge in [0.05, 0.1) is 11.1 Å². The van der Waals surface area contributed by atoms with E-state index in [1.165, 1.54) is 0 Å². The van der Waals surface area contributed by atoms with E-state index in [9.17, 15) is 5.11 Å². The number of ether oxygens (including phenoxy) is 2. The molecule has 2 aromatic rings. The molecule has 1 aromatic heterocycles. The summed E-state index contributed by atoms with van der Waals surface area (Å²) in [7, 11) is 0. The fourth-order valence-corrected chi connectivity index (χ4v) is 4.81. The maximum absolute atomic E-state index is 10.1. The summed E-state index contributed by atoms with van der Waals surface area (Å²) >= 11 is 6.11. The number of amidine groups is 1. The van der Waals surface area contributed by atoms with Crippen molar-refractivity contribution in [2.75, 3.05) is 6.61 Å². The molecule has 1 fully saturated rings. The van der Waals surface area contributed by atoms with Crippen LogP contribution in [0.2, 0.25) is 5.02 Å². The van der Waals surface area contributed by atoms with Crippen LogP contribution in [0.25, 0.3) is 11.1 Å². The van der Waals surface area contributed by atoms with Crippen LogP contribution in [0.1, 0.15) is 24.8 Å². The van der Waals surface area contributed by atoms with Crippen molar-refractivity contribution in [3.8, 4) is 16.9 Å². The predicted molar refractivity (Wildman–Crippen MR) is 102 cm³/mol. The van der Waals surface area contributed by atoms with Gasteiger partial charge in [-0.15, -0.1) is 0 Å². The number of aliphatic imine (C=N–C) groups is 1. The summed E-state index contributed by atoms with van der Waals surface area (Å²) in [5.41, 5.74) is 8.23. The molecule has 1 aliphatic carbocycles. The Hall–Kier alpha value is -2.31. The van der Waals surface area contributed by atoms with E-state index in [1.807, 2.05) is 18.2 Å². The van der Waals surface area contributed by atoms with Crippen LogP contribution < -0.4 is 10.5 Å². The van der Waals surface area contributed by atoms with Gasteiger partial charge in [0.1, 0.15) is 24.0 Å². The van der Waals surface area contributed by atoms with Crippen LogP contribution in [0.3, 0.4) is 0 Å². The minimum Gasteiger partial charge on any atom is -0.490 e.